The number of nitrogens with zero attached hydrogens (tertiary/aromatic N) is 3. The molecule has 0 aromatic heterocycles. The lowest BCUT2D eigenvalue weighted by Crippen LogP contribution is -2.60. The lowest BCUT2D eigenvalue weighted by atomic mass is 9.49. The summed E-state index contributed by atoms with van der Waals surface area (Å²) < 4.78 is 58.4. The number of aromatic hydroxyl groups is 1. The molecule has 38 nitrogen and oxygen atoms in total. The van der Waals surface area contributed by atoms with Gasteiger partial charge in [-0.3, -0.25) is 63.3 Å². The molecule has 0 spiro atoms. The van der Waals surface area contributed by atoms with Crippen LogP contribution in [-0.4, -0.2) is 300 Å². The minimum atomic E-state index is -1.41. The van der Waals surface area contributed by atoms with Gasteiger partial charge >= 0.3 is 12.0 Å². The van der Waals surface area contributed by atoms with E-state index < -0.39 is 101 Å². The predicted octanol–water partition coefficient (Wildman–Crippen LogP) is 6.83. The molecule has 15 N–H and O–H groups in total. The number of allylic oxidation sites excluding steroid dienone is 3. The molecule has 7 aliphatic carbocycles. The van der Waals surface area contributed by atoms with Gasteiger partial charge in [-0.25, -0.2) is 4.79 Å². The Morgan fingerprint density at radius 1 is 0.535 bits per heavy atom. The Bertz CT molecular complexity index is 4630. The number of ether oxygens (including phenoxy) is 10. The van der Waals surface area contributed by atoms with Crippen LogP contribution in [0.5, 0.6) is 5.75 Å². The van der Waals surface area contributed by atoms with Gasteiger partial charge in [0.05, 0.1) is 187 Å². The number of aryl methyl sites for hydroxylation is 2. The summed E-state index contributed by atoms with van der Waals surface area (Å²) >= 11 is 0. The molecular formula is C106H170N15O23+. The molecule has 0 saturated heterocycles. The maximum atomic E-state index is 15.1. The van der Waals surface area contributed by atoms with Gasteiger partial charge < -0.3 is 111 Å². The fraction of sp³-hybridized carbons (Fsp3) is 0.745. The summed E-state index contributed by atoms with van der Waals surface area (Å²) in [6.07, 6.45) is 16.9. The largest absolute Gasteiger partial charge is 0.508 e. The number of urea groups is 1. The zero-order chi connectivity index (χ0) is 103. The molecular weight excluding hydrogens is 1850 g/mol. The molecule has 0 radical (unpaired) electrons. The van der Waals surface area contributed by atoms with Crippen LogP contribution in [0, 0.1) is 52.3 Å². The zero-order valence-electron chi connectivity index (χ0n) is 87.4. The highest BCUT2D eigenvalue weighted by atomic mass is 16.6. The Labute approximate surface area is 851 Å². The van der Waals surface area contributed by atoms with Crippen molar-refractivity contribution in [2.24, 2.45) is 58.0 Å². The Morgan fingerprint density at radius 3 is 1.74 bits per heavy atom. The zero-order valence-corrected chi connectivity index (χ0v) is 87.4. The topological polar surface area (TPSA) is 485 Å². The fourth-order valence-electron chi connectivity index (χ4n) is 23.2. The van der Waals surface area contributed by atoms with E-state index in [1.54, 1.807) is 19.9 Å². The quantitative estimate of drug-likeness (QED) is 0.0140. The van der Waals surface area contributed by atoms with Crippen LogP contribution in [0.4, 0.5) is 4.79 Å². The van der Waals surface area contributed by atoms with Crippen LogP contribution in [0.15, 0.2) is 59.2 Å². The molecule has 9 amide bonds. The molecule has 2 heterocycles. The number of quaternary nitrogens is 1. The second-order valence-corrected chi connectivity index (χ2v) is 43.0. The molecule has 144 heavy (non-hydrogen) atoms. The molecule has 3 fully saturated rings. The number of ketones is 2. The van der Waals surface area contributed by atoms with E-state index >= 15 is 4.79 Å². The first kappa shape index (κ1) is 115. The molecule has 2 aromatic carbocycles. The van der Waals surface area contributed by atoms with Crippen molar-refractivity contribution >= 4 is 64.9 Å². The number of aliphatic hydroxyl groups is 1. The lowest BCUT2D eigenvalue weighted by molar-refractivity contribution is -0.869. The number of nitrogens with one attached hydrogen (secondary N) is 11. The van der Waals surface area contributed by atoms with Crippen molar-refractivity contribution in [1.29, 1.82) is 0 Å². The molecule has 14 atom stereocenters. The molecule has 806 valence electrons. The number of hydrogen-bond donors (Lipinski definition) is 14. The number of phenolic OH excluding ortho intramolecular Hbond substituents is 1. The number of amides is 9. The van der Waals surface area contributed by atoms with Gasteiger partial charge in [0.15, 0.2) is 11.6 Å². The van der Waals surface area contributed by atoms with Crippen LogP contribution >= 0.6 is 0 Å². The summed E-state index contributed by atoms with van der Waals surface area (Å²) in [7, 11) is 8.26. The smallest absolute Gasteiger partial charge is 0.312 e. The minimum Gasteiger partial charge on any atom is -0.508 e. The SMILES string of the molecule is CC(C)[C@H](NC(=O)[C@@H](CCCCNC(=O)COC1CCCCCC2=C1NNN2CCOCCOCCOCCOCCC(=O)NCC[N+](C)(C)C)NC(=O)CCOCCOCCOCCOCCCC(=O)OC[C@@H]1[C@@H]2CCC3=C(CC[C@@H]21)NNN3C)C(=O)C[C@@H](CCCNC(N)=O)C(=O)N[C@@H](CO)C(=O)Cc1ccc2c(c1)[C@@]1(C)CCC[C@](C)(C(=O)NC(=O)[C@@]3(C)CCC[C@]4(C)c5cc(O)ccc5CC[C@@H]34)[C@@H]1CC2. The summed E-state index contributed by atoms with van der Waals surface area (Å²) in [5.41, 5.74) is 25.3. The Morgan fingerprint density at radius 2 is 1.12 bits per heavy atom. The maximum Gasteiger partial charge on any atom is 0.312 e. The van der Waals surface area contributed by atoms with Crippen molar-refractivity contribution in [1.82, 2.24) is 69.2 Å². The number of primary amides is 1. The van der Waals surface area contributed by atoms with Gasteiger partial charge in [-0.1, -0.05) is 91.5 Å². The van der Waals surface area contributed by atoms with Crippen LogP contribution in [0.2, 0.25) is 0 Å². The number of carbonyl (C=O) groups is 11. The second-order valence-electron chi connectivity index (χ2n) is 43.0. The van der Waals surface area contributed by atoms with Crippen molar-refractivity contribution in [2.45, 2.75) is 269 Å². The Balaban J connectivity index is 0.634. The number of nitrogens with two attached hydrogens (primary N) is 1. The standard InChI is InChI=1S/C106H169N15O23/c1-71(2)96(88(125)66-75(20-16-44-110-102(107)134)98(130)112-84(68-122)87(124)65-72-25-26-73-28-35-90-103(3,80(73)64-72)39-18-41-105(90,5)100(132)114-101(133)106(6)42-19-40-104(4)81-67-76(123)30-27-74(81)29-36-91(104)106)113-99(131)83(111-93(127)38-50-137-54-58-141-61-60-139-56-52-135-48-17-24-95(129)144-69-79-77-31-33-82-85(34-32-78(77)79)119(7)117-115-82)21-14-15-43-108-94(128)70-143-89-23-13-11-12-22-86-97(89)116-118-120(86)46-51-138-55-59-142-63-62-140-57-53-136-49-37-92(126)109-45-47-121(8,9)10/h25-27,30,64,67,71,75,77-79,83-84,89-91,96,115-118,122H,11-24,28-29,31-63,65-66,68-70H2,1-10H3,(H9-,107,108,109,110,111,112,113,114,123,126,127,128,130,131,132,133,134)/p+1/t75-,77+,78-,79+,83-,84+,89?,90-,91-,96+,103-,104-,105+,106+/m1/s1. The van der Waals surface area contributed by atoms with E-state index in [9.17, 15) is 58.2 Å². The number of hydrogen-bond acceptors (Lipinski definition) is 29. The Kier molecular flexibility index (Phi) is 45.6. The van der Waals surface area contributed by atoms with Gasteiger partial charge in [0, 0.05) is 70.5 Å². The molecule has 2 aliphatic heterocycles. The number of hydrazine groups is 4. The number of esters is 1. The van der Waals surface area contributed by atoms with Crippen LogP contribution in [0.1, 0.15) is 243 Å². The summed E-state index contributed by atoms with van der Waals surface area (Å²) in [4.78, 5) is 153. The van der Waals surface area contributed by atoms with Gasteiger partial charge in [0.1, 0.15) is 30.5 Å². The van der Waals surface area contributed by atoms with Gasteiger partial charge in [-0.2, -0.15) is 0 Å². The van der Waals surface area contributed by atoms with Gasteiger partial charge in [-0.15, -0.1) is 11.1 Å². The van der Waals surface area contributed by atoms with Crippen molar-refractivity contribution in [3.8, 4) is 5.75 Å². The first-order valence-electron chi connectivity index (χ1n) is 53.3. The number of unbranched alkanes of at least 4 members (excludes halogenated alkanes) is 1. The van der Waals surface area contributed by atoms with E-state index in [1.807, 2.05) is 56.2 Å². The number of benzene rings is 2. The number of imide groups is 1. The predicted molar refractivity (Wildman–Crippen MR) is 538 cm³/mol. The molecule has 11 rings (SSSR count). The molecule has 9 aliphatic rings. The first-order chi connectivity index (χ1) is 69.1. The second kappa shape index (κ2) is 56.9. The summed E-state index contributed by atoms with van der Waals surface area (Å²) in [5, 5.41) is 45.5. The number of likely N-dealkylation sites (N-methyl/N-ethyl adjacent to an activating group) is 1. The van der Waals surface area contributed by atoms with Crippen molar-refractivity contribution < 1.29 is 115 Å². The van der Waals surface area contributed by atoms with E-state index in [0.717, 1.165) is 123 Å². The molecule has 0 bridgehead atoms. The average molecular weight is 2020 g/mol. The van der Waals surface area contributed by atoms with E-state index in [4.69, 9.17) is 53.1 Å². The molecule has 38 heteroatoms. The van der Waals surface area contributed by atoms with Crippen LogP contribution in [0.25, 0.3) is 0 Å². The Hall–Kier alpha value is -9.03. The number of phenols is 1. The van der Waals surface area contributed by atoms with E-state index in [1.165, 1.54) is 17.0 Å². The van der Waals surface area contributed by atoms with Crippen LogP contribution < -0.4 is 64.9 Å². The highest BCUT2D eigenvalue weighted by Crippen LogP contribution is 2.61. The van der Waals surface area contributed by atoms with Crippen LogP contribution in [0.3, 0.4) is 0 Å². The van der Waals surface area contributed by atoms with E-state index in [-0.39, 0.29) is 137 Å². The van der Waals surface area contributed by atoms with Gasteiger partial charge in [0.25, 0.3) is 0 Å². The first-order valence-corrected chi connectivity index (χ1v) is 53.3. The van der Waals surface area contributed by atoms with E-state index in [2.05, 4.69) is 99.1 Å². The monoisotopic (exact) mass is 2020 g/mol. The number of fused-ring (bicyclic) bond motifs is 7. The third kappa shape index (κ3) is 33.7. The highest BCUT2D eigenvalue weighted by molar-refractivity contribution is 6.01. The molecule has 1 unspecified atom stereocenters. The number of carbonyl (C=O) groups excluding carboxylic acids is 11. The van der Waals surface area contributed by atoms with Gasteiger partial charge in [-0.05, 0) is 221 Å². The van der Waals surface area contributed by atoms with Gasteiger partial charge in [0.2, 0.25) is 41.4 Å². The fourth-order valence-corrected chi connectivity index (χ4v) is 23.2. The summed E-state index contributed by atoms with van der Waals surface area (Å²) in [5.74, 6) is -4.10. The minimum absolute atomic E-state index is 0.0160. The number of rotatable bonds is 63. The molecule has 2 aromatic rings. The number of aliphatic hydroxyl groups excluding tert-OH is 1. The maximum absolute atomic E-state index is 15.1. The van der Waals surface area contributed by atoms with Crippen molar-refractivity contribution in [2.75, 3.05) is 186 Å². The average Bonchev–Trinajstić information content (AvgIpc) is 1.68. The molecule has 3 saturated carbocycles. The third-order valence-corrected chi connectivity index (χ3v) is 31.4. The number of Topliss-reactive ketones (excluding diaryl/α,β-unsaturated/α-hetero) is 2. The van der Waals surface area contributed by atoms with Crippen molar-refractivity contribution in [3.63, 3.8) is 0 Å². The normalized spacial score (nSPS) is 24.1. The van der Waals surface area contributed by atoms with E-state index in [0.29, 0.717) is 187 Å². The highest BCUT2D eigenvalue weighted by Gasteiger charge is 2.59. The third-order valence-electron chi connectivity index (χ3n) is 31.4. The summed E-state index contributed by atoms with van der Waals surface area (Å²) in [6, 6.07) is 6.90. The summed E-state index contributed by atoms with van der Waals surface area (Å²) in [6.45, 7) is 18.7. The van der Waals surface area contributed by atoms with Crippen LogP contribution in [-0.2, 0) is 125 Å². The lowest BCUT2D eigenvalue weighted by Gasteiger charge is -2.56. The van der Waals surface area contributed by atoms with Crippen molar-refractivity contribution in [3.05, 3.63) is 87.0 Å².